The van der Waals surface area contributed by atoms with Crippen LogP contribution in [0.5, 0.6) is 0 Å². The number of aromatic nitrogens is 3. The van der Waals surface area contributed by atoms with Crippen molar-refractivity contribution in [3.63, 3.8) is 0 Å². The maximum Gasteiger partial charge on any atom is 0.264 e. The van der Waals surface area contributed by atoms with Gasteiger partial charge in [-0.2, -0.15) is 5.10 Å². The van der Waals surface area contributed by atoms with Gasteiger partial charge in [0.2, 0.25) is 11.8 Å². The van der Waals surface area contributed by atoms with E-state index in [9.17, 15) is 14.4 Å². The number of hydrazine groups is 1. The highest BCUT2D eigenvalue weighted by Crippen LogP contribution is 2.30. The first-order valence-electron chi connectivity index (χ1n) is 12.5. The standard InChI is InChI=1S/C27H31N7O3/c1-17-11-20(15-28-14-17)22-13-23(32(3)31-22)29-24(35)12-18(2)26(36)30-25-21-8-5-4-7-19(21)16-33-9-6-10-34(33)27(25)37/h4-5,7-8,11,13-15,18,25H,6,9-10,12,16H2,1-3H3,(H,29,35)(H,30,36)/t18-,25+/m1/s1. The Hall–Kier alpha value is -4.05. The topological polar surface area (TPSA) is 112 Å². The van der Waals surface area contributed by atoms with Crippen LogP contribution in [0.1, 0.15) is 42.5 Å². The third kappa shape index (κ3) is 5.10. The summed E-state index contributed by atoms with van der Waals surface area (Å²) in [6, 6.07) is 10.7. The zero-order valence-electron chi connectivity index (χ0n) is 21.3. The van der Waals surface area contributed by atoms with Crippen LogP contribution in [0, 0.1) is 12.8 Å². The molecule has 0 spiro atoms. The van der Waals surface area contributed by atoms with Crippen molar-refractivity contribution in [2.24, 2.45) is 13.0 Å². The van der Waals surface area contributed by atoms with Crippen molar-refractivity contribution in [3.8, 4) is 11.3 Å². The highest BCUT2D eigenvalue weighted by Gasteiger charge is 2.38. The number of hydrogen-bond donors (Lipinski definition) is 2. The number of carbonyl (C=O) groups is 3. The fraction of sp³-hybridized carbons (Fsp3) is 0.370. The molecule has 0 saturated carbocycles. The predicted molar refractivity (Wildman–Crippen MR) is 138 cm³/mol. The molecule has 4 heterocycles. The van der Waals surface area contributed by atoms with Gasteiger partial charge in [-0.15, -0.1) is 0 Å². The van der Waals surface area contributed by atoms with Crippen LogP contribution < -0.4 is 10.6 Å². The summed E-state index contributed by atoms with van der Waals surface area (Å²) in [6.07, 6.45) is 4.36. The van der Waals surface area contributed by atoms with Crippen molar-refractivity contribution in [1.29, 1.82) is 0 Å². The Labute approximate surface area is 215 Å². The van der Waals surface area contributed by atoms with E-state index < -0.39 is 12.0 Å². The molecule has 0 unspecified atom stereocenters. The zero-order valence-corrected chi connectivity index (χ0v) is 21.3. The minimum absolute atomic E-state index is 0.0310. The molecule has 10 heteroatoms. The molecule has 0 aliphatic carbocycles. The quantitative estimate of drug-likeness (QED) is 0.537. The van der Waals surface area contributed by atoms with Gasteiger partial charge in [-0.3, -0.25) is 29.1 Å². The van der Waals surface area contributed by atoms with Crippen LogP contribution >= 0.6 is 0 Å². The molecular weight excluding hydrogens is 470 g/mol. The van der Waals surface area contributed by atoms with E-state index >= 15 is 0 Å². The van der Waals surface area contributed by atoms with Crippen molar-refractivity contribution in [2.75, 3.05) is 18.4 Å². The molecule has 2 aliphatic rings. The van der Waals surface area contributed by atoms with E-state index in [0.29, 0.717) is 24.6 Å². The molecule has 2 atom stereocenters. The number of aryl methyl sites for hydroxylation is 2. The van der Waals surface area contributed by atoms with Gasteiger partial charge >= 0.3 is 0 Å². The van der Waals surface area contributed by atoms with Gasteiger partial charge in [0.05, 0.1) is 5.69 Å². The fourth-order valence-electron chi connectivity index (χ4n) is 4.93. The molecule has 37 heavy (non-hydrogen) atoms. The van der Waals surface area contributed by atoms with Gasteiger partial charge in [0, 0.05) is 63.0 Å². The smallest absolute Gasteiger partial charge is 0.264 e. The van der Waals surface area contributed by atoms with Crippen molar-refractivity contribution in [2.45, 2.75) is 39.3 Å². The SMILES string of the molecule is Cc1cncc(-c2cc(NC(=O)C[C@@H](C)C(=O)N[C@@H]3C(=O)N4CCCN4Cc4ccccc43)n(C)n2)c1. The molecule has 3 aromatic rings. The average molecular weight is 502 g/mol. The summed E-state index contributed by atoms with van der Waals surface area (Å²) in [7, 11) is 1.75. The number of carbonyl (C=O) groups excluding carboxylic acids is 3. The number of nitrogens with one attached hydrogen (secondary N) is 2. The number of fused-ring (bicyclic) bond motifs is 2. The molecule has 10 nitrogen and oxygen atoms in total. The van der Waals surface area contributed by atoms with Crippen LogP contribution in [0.15, 0.2) is 48.8 Å². The van der Waals surface area contributed by atoms with Crippen LogP contribution in [0.4, 0.5) is 5.82 Å². The number of anilines is 1. The summed E-state index contributed by atoms with van der Waals surface area (Å²) in [4.78, 5) is 43.5. The second-order valence-electron chi connectivity index (χ2n) is 9.79. The van der Waals surface area contributed by atoms with Gasteiger partial charge in [0.1, 0.15) is 11.9 Å². The lowest BCUT2D eigenvalue weighted by molar-refractivity contribution is -0.148. The van der Waals surface area contributed by atoms with E-state index in [1.165, 1.54) is 0 Å². The van der Waals surface area contributed by atoms with E-state index in [4.69, 9.17) is 0 Å². The van der Waals surface area contributed by atoms with Crippen molar-refractivity contribution < 1.29 is 14.4 Å². The number of amides is 3. The largest absolute Gasteiger partial charge is 0.340 e. The maximum atomic E-state index is 13.4. The summed E-state index contributed by atoms with van der Waals surface area (Å²) in [5.74, 6) is -0.895. The molecular formula is C27H31N7O3. The first-order chi connectivity index (χ1) is 17.8. The Balaban J connectivity index is 1.25. The lowest BCUT2D eigenvalue weighted by Crippen LogP contribution is -2.46. The minimum atomic E-state index is -0.778. The number of hydrogen-bond acceptors (Lipinski definition) is 6. The first kappa shape index (κ1) is 24.6. The molecule has 2 aliphatic heterocycles. The summed E-state index contributed by atoms with van der Waals surface area (Å²) in [5.41, 5.74) is 4.39. The zero-order chi connectivity index (χ0) is 26.1. The third-order valence-corrected chi connectivity index (χ3v) is 6.89. The molecule has 0 bridgehead atoms. The Morgan fingerprint density at radius 3 is 2.78 bits per heavy atom. The molecule has 2 aromatic heterocycles. The van der Waals surface area contributed by atoms with E-state index in [2.05, 4.69) is 20.7 Å². The van der Waals surface area contributed by atoms with Gasteiger partial charge in [-0.25, -0.2) is 5.01 Å². The van der Waals surface area contributed by atoms with Crippen LogP contribution in [0.2, 0.25) is 0 Å². The summed E-state index contributed by atoms with van der Waals surface area (Å²) >= 11 is 0. The van der Waals surface area contributed by atoms with E-state index in [1.807, 2.05) is 42.3 Å². The van der Waals surface area contributed by atoms with Gasteiger partial charge < -0.3 is 10.6 Å². The second kappa shape index (κ2) is 10.1. The van der Waals surface area contributed by atoms with Gasteiger partial charge in [0.15, 0.2) is 0 Å². The van der Waals surface area contributed by atoms with E-state index in [0.717, 1.165) is 35.2 Å². The number of benzene rings is 1. The molecule has 192 valence electrons. The Morgan fingerprint density at radius 2 is 1.97 bits per heavy atom. The first-order valence-corrected chi connectivity index (χ1v) is 12.5. The number of nitrogens with zero attached hydrogens (tertiary/aromatic N) is 5. The molecule has 0 radical (unpaired) electrons. The summed E-state index contributed by atoms with van der Waals surface area (Å²) in [6.45, 7) is 5.74. The summed E-state index contributed by atoms with van der Waals surface area (Å²) < 4.78 is 1.59. The monoisotopic (exact) mass is 501 g/mol. The number of pyridine rings is 1. The lowest BCUT2D eigenvalue weighted by atomic mass is 9.98. The molecule has 1 fully saturated rings. The van der Waals surface area contributed by atoms with Gasteiger partial charge in [-0.05, 0) is 36.1 Å². The Bertz CT molecular complexity index is 1350. The summed E-state index contributed by atoms with van der Waals surface area (Å²) in [5, 5.41) is 14.0. The molecule has 1 aromatic carbocycles. The number of rotatable bonds is 6. The molecule has 1 saturated heterocycles. The van der Waals surface area contributed by atoms with E-state index in [-0.39, 0.29) is 24.1 Å². The highest BCUT2D eigenvalue weighted by atomic mass is 16.2. The van der Waals surface area contributed by atoms with Crippen LogP contribution in [-0.2, 0) is 28.0 Å². The normalized spacial score (nSPS) is 18.1. The van der Waals surface area contributed by atoms with Crippen molar-refractivity contribution >= 4 is 23.5 Å². The second-order valence-corrected chi connectivity index (χ2v) is 9.79. The van der Waals surface area contributed by atoms with Gasteiger partial charge in [-0.1, -0.05) is 31.2 Å². The van der Waals surface area contributed by atoms with Crippen molar-refractivity contribution in [3.05, 3.63) is 65.5 Å². The fourth-order valence-corrected chi connectivity index (χ4v) is 4.93. The van der Waals surface area contributed by atoms with Crippen LogP contribution in [0.3, 0.4) is 0 Å². The van der Waals surface area contributed by atoms with Crippen LogP contribution in [-0.4, -0.2) is 55.6 Å². The molecule has 2 N–H and O–H groups in total. The Morgan fingerprint density at radius 1 is 1.16 bits per heavy atom. The molecule has 5 rings (SSSR count). The molecule has 3 amide bonds. The van der Waals surface area contributed by atoms with Gasteiger partial charge in [0.25, 0.3) is 5.91 Å². The highest BCUT2D eigenvalue weighted by molar-refractivity contribution is 5.95. The van der Waals surface area contributed by atoms with E-state index in [1.54, 1.807) is 42.1 Å². The maximum absolute atomic E-state index is 13.4. The third-order valence-electron chi connectivity index (χ3n) is 6.89. The minimum Gasteiger partial charge on any atom is -0.340 e. The lowest BCUT2D eigenvalue weighted by Gasteiger charge is -2.28. The van der Waals surface area contributed by atoms with Crippen molar-refractivity contribution in [1.82, 2.24) is 30.1 Å². The Kier molecular flexibility index (Phi) is 6.75. The predicted octanol–water partition coefficient (Wildman–Crippen LogP) is 2.58. The van der Waals surface area contributed by atoms with Crippen LogP contribution in [0.25, 0.3) is 11.3 Å². The average Bonchev–Trinajstić information content (AvgIpc) is 3.46.